The molecule has 0 aliphatic carbocycles. The first-order chi connectivity index (χ1) is 7.68. The van der Waals surface area contributed by atoms with Crippen LogP contribution in [0.2, 0.25) is 0 Å². The summed E-state index contributed by atoms with van der Waals surface area (Å²) in [7, 11) is 0. The molecule has 0 bridgehead atoms. The van der Waals surface area contributed by atoms with Gasteiger partial charge in [0.25, 0.3) is 0 Å². The number of rotatable bonds is 2. The van der Waals surface area contributed by atoms with Crippen molar-refractivity contribution in [2.75, 3.05) is 0 Å². The minimum atomic E-state index is -2.23. The number of hydrogen-bond acceptors (Lipinski definition) is 3. The molecule has 0 N–H and O–H groups in total. The summed E-state index contributed by atoms with van der Waals surface area (Å²) in [6, 6.07) is 8.80. The van der Waals surface area contributed by atoms with Crippen LogP contribution < -0.4 is 0 Å². The lowest BCUT2D eigenvalue weighted by molar-refractivity contribution is 0.537. The number of nitrogens with zero attached hydrogens (tertiary/aromatic N) is 1. The van der Waals surface area contributed by atoms with Crippen molar-refractivity contribution >= 4 is 11.1 Å². The molecule has 0 aliphatic heterocycles. The van der Waals surface area contributed by atoms with Crippen molar-refractivity contribution in [2.45, 2.75) is 11.8 Å². The minimum Gasteiger partial charge on any atom is -0.768 e. The maximum absolute atomic E-state index is 11.1. The van der Waals surface area contributed by atoms with E-state index < -0.39 is 11.1 Å². The molecule has 82 valence electrons. The summed E-state index contributed by atoms with van der Waals surface area (Å²) in [6.07, 6.45) is 3.40. The van der Waals surface area contributed by atoms with E-state index in [4.69, 9.17) is 0 Å². The van der Waals surface area contributed by atoms with Gasteiger partial charge in [0.05, 0.1) is 0 Å². The SMILES string of the molecule is Cc1cncc(-c2ccccc2S(=O)[O-])c1. The highest BCUT2D eigenvalue weighted by molar-refractivity contribution is 7.79. The van der Waals surface area contributed by atoms with Crippen LogP contribution in [0.4, 0.5) is 0 Å². The first-order valence-corrected chi connectivity index (χ1v) is 5.86. The van der Waals surface area contributed by atoms with Crippen molar-refractivity contribution in [2.24, 2.45) is 0 Å². The van der Waals surface area contributed by atoms with E-state index in [-0.39, 0.29) is 0 Å². The van der Waals surface area contributed by atoms with Gasteiger partial charge in [0.1, 0.15) is 0 Å². The molecule has 0 saturated carbocycles. The molecule has 1 atom stereocenters. The summed E-state index contributed by atoms with van der Waals surface area (Å²) in [5.41, 5.74) is 2.51. The van der Waals surface area contributed by atoms with E-state index in [2.05, 4.69) is 4.98 Å². The van der Waals surface area contributed by atoms with Crippen LogP contribution in [0.5, 0.6) is 0 Å². The smallest absolute Gasteiger partial charge is 0.0346 e. The number of aryl methyl sites for hydroxylation is 1. The first-order valence-electron chi connectivity index (χ1n) is 4.79. The lowest BCUT2D eigenvalue weighted by atomic mass is 10.1. The largest absolute Gasteiger partial charge is 0.768 e. The van der Waals surface area contributed by atoms with Crippen LogP contribution in [0.1, 0.15) is 5.56 Å². The maximum atomic E-state index is 11.1. The van der Waals surface area contributed by atoms with E-state index in [1.165, 1.54) is 0 Å². The summed E-state index contributed by atoms with van der Waals surface area (Å²) in [5, 5.41) is 0. The van der Waals surface area contributed by atoms with Gasteiger partial charge >= 0.3 is 0 Å². The van der Waals surface area contributed by atoms with E-state index in [0.29, 0.717) is 10.5 Å². The summed E-state index contributed by atoms with van der Waals surface area (Å²) in [4.78, 5) is 4.36. The highest BCUT2D eigenvalue weighted by Gasteiger charge is 2.05. The standard InChI is InChI=1S/C12H11NO2S/c1-9-6-10(8-13-7-9)11-4-2-3-5-12(11)16(14)15/h2-8H,1H3,(H,14,15)/p-1. The molecule has 16 heavy (non-hydrogen) atoms. The molecule has 1 aromatic carbocycles. The highest BCUT2D eigenvalue weighted by atomic mass is 32.2. The van der Waals surface area contributed by atoms with Crippen LogP contribution in [-0.2, 0) is 11.1 Å². The van der Waals surface area contributed by atoms with Crippen molar-refractivity contribution in [1.82, 2.24) is 4.98 Å². The van der Waals surface area contributed by atoms with Gasteiger partial charge in [0.15, 0.2) is 0 Å². The molecule has 4 heteroatoms. The van der Waals surface area contributed by atoms with E-state index in [1.807, 2.05) is 19.1 Å². The zero-order valence-corrected chi connectivity index (χ0v) is 9.53. The number of aromatic nitrogens is 1. The predicted molar refractivity (Wildman–Crippen MR) is 61.6 cm³/mol. The number of pyridine rings is 1. The molecule has 0 saturated heterocycles. The second-order valence-electron chi connectivity index (χ2n) is 3.48. The Morgan fingerprint density at radius 1 is 1.25 bits per heavy atom. The van der Waals surface area contributed by atoms with Crippen molar-refractivity contribution < 1.29 is 8.76 Å². The Labute approximate surface area is 96.5 Å². The minimum absolute atomic E-state index is 0.301. The maximum Gasteiger partial charge on any atom is 0.0346 e. The molecule has 1 aromatic heterocycles. The Morgan fingerprint density at radius 2 is 2.00 bits per heavy atom. The Hall–Kier alpha value is -1.52. The van der Waals surface area contributed by atoms with Crippen molar-refractivity contribution in [3.05, 3.63) is 48.3 Å². The molecular formula is C12H10NO2S-. The molecule has 0 spiro atoms. The third-order valence-electron chi connectivity index (χ3n) is 2.25. The molecule has 0 amide bonds. The molecule has 3 nitrogen and oxygen atoms in total. The molecule has 2 aromatic rings. The van der Waals surface area contributed by atoms with Crippen LogP contribution in [-0.4, -0.2) is 13.7 Å². The molecule has 0 radical (unpaired) electrons. The molecule has 0 fully saturated rings. The molecule has 1 unspecified atom stereocenters. The summed E-state index contributed by atoms with van der Waals surface area (Å²) in [6.45, 7) is 1.92. The second kappa shape index (κ2) is 4.55. The molecule has 2 rings (SSSR count). The van der Waals surface area contributed by atoms with Crippen molar-refractivity contribution in [1.29, 1.82) is 0 Å². The normalized spacial score (nSPS) is 12.4. The van der Waals surface area contributed by atoms with Gasteiger partial charge in [-0.15, -0.1) is 0 Å². The average Bonchev–Trinajstić information content (AvgIpc) is 2.29. The fourth-order valence-electron chi connectivity index (χ4n) is 1.55. The zero-order chi connectivity index (χ0) is 11.5. The second-order valence-corrected chi connectivity index (χ2v) is 4.39. The molecular weight excluding hydrogens is 222 g/mol. The summed E-state index contributed by atoms with van der Waals surface area (Å²) < 4.78 is 22.1. The van der Waals surface area contributed by atoms with Gasteiger partial charge in [0, 0.05) is 22.9 Å². The van der Waals surface area contributed by atoms with Gasteiger partial charge in [-0.2, -0.15) is 0 Å². The van der Waals surface area contributed by atoms with Gasteiger partial charge in [-0.3, -0.25) is 9.19 Å². The first kappa shape index (κ1) is 11.0. The average molecular weight is 232 g/mol. The lowest BCUT2D eigenvalue weighted by Gasteiger charge is -2.11. The van der Waals surface area contributed by atoms with Crippen LogP contribution >= 0.6 is 0 Å². The third-order valence-corrected chi connectivity index (χ3v) is 2.97. The highest BCUT2D eigenvalue weighted by Crippen LogP contribution is 2.25. The Morgan fingerprint density at radius 3 is 2.69 bits per heavy atom. The Bertz CT molecular complexity index is 540. The fraction of sp³-hybridized carbons (Fsp3) is 0.0833. The van der Waals surface area contributed by atoms with E-state index in [0.717, 1.165) is 11.1 Å². The fourth-order valence-corrected chi connectivity index (χ4v) is 2.11. The van der Waals surface area contributed by atoms with Gasteiger partial charge in [-0.1, -0.05) is 18.2 Å². The van der Waals surface area contributed by atoms with Gasteiger partial charge < -0.3 is 4.55 Å². The number of benzene rings is 1. The van der Waals surface area contributed by atoms with E-state index >= 15 is 0 Å². The van der Waals surface area contributed by atoms with Gasteiger partial charge in [-0.25, -0.2) is 0 Å². The van der Waals surface area contributed by atoms with Crippen LogP contribution in [0.3, 0.4) is 0 Å². The zero-order valence-electron chi connectivity index (χ0n) is 8.71. The molecule has 0 aliphatic rings. The monoisotopic (exact) mass is 232 g/mol. The van der Waals surface area contributed by atoms with Crippen LogP contribution in [0, 0.1) is 6.92 Å². The Kier molecular flexibility index (Phi) is 3.12. The third kappa shape index (κ3) is 2.18. The summed E-state index contributed by atoms with van der Waals surface area (Å²) >= 11 is -2.23. The van der Waals surface area contributed by atoms with E-state index in [9.17, 15) is 8.76 Å². The topological polar surface area (TPSA) is 53.0 Å². The van der Waals surface area contributed by atoms with Crippen LogP contribution in [0.15, 0.2) is 47.6 Å². The van der Waals surface area contributed by atoms with E-state index in [1.54, 1.807) is 30.6 Å². The Balaban J connectivity index is 2.60. The predicted octanol–water partition coefficient (Wildman–Crippen LogP) is 2.30. The summed E-state index contributed by atoms with van der Waals surface area (Å²) in [5.74, 6) is 0. The van der Waals surface area contributed by atoms with Gasteiger partial charge in [-0.05, 0) is 41.3 Å². The van der Waals surface area contributed by atoms with Crippen molar-refractivity contribution in [3.8, 4) is 11.1 Å². The quantitative estimate of drug-likeness (QED) is 0.746. The van der Waals surface area contributed by atoms with Gasteiger partial charge in [0.2, 0.25) is 0 Å². The molecule has 1 heterocycles. The lowest BCUT2D eigenvalue weighted by Crippen LogP contribution is -1.93. The van der Waals surface area contributed by atoms with Crippen LogP contribution in [0.25, 0.3) is 11.1 Å². The number of hydrogen-bond donors (Lipinski definition) is 0. The van der Waals surface area contributed by atoms with Crippen molar-refractivity contribution in [3.63, 3.8) is 0 Å².